The molecule has 0 radical (unpaired) electrons. The average molecular weight is 470 g/mol. The summed E-state index contributed by atoms with van der Waals surface area (Å²) in [7, 11) is 0. The number of aryl methyl sites for hydroxylation is 2. The SMILES string of the molecule is Cc1ccc(-c2cc(C(=O)NCc3ccc4c(c3)OCO4)n(-c3ccc([N+](=O)[O-])cc3)n2)cc1C. The fourth-order valence-corrected chi connectivity index (χ4v) is 3.82. The molecule has 0 saturated heterocycles. The molecule has 9 heteroatoms. The Bertz CT molecular complexity index is 1440. The summed E-state index contributed by atoms with van der Waals surface area (Å²) in [6.45, 7) is 4.51. The van der Waals surface area contributed by atoms with Crippen LogP contribution in [0.15, 0.2) is 66.7 Å². The Hall–Kier alpha value is -4.66. The molecule has 176 valence electrons. The number of hydrogen-bond acceptors (Lipinski definition) is 6. The molecule has 1 aliphatic rings. The van der Waals surface area contributed by atoms with Gasteiger partial charge in [-0.3, -0.25) is 14.9 Å². The lowest BCUT2D eigenvalue weighted by atomic mass is 10.0. The number of carbonyl (C=O) groups is 1. The second-order valence-corrected chi connectivity index (χ2v) is 8.27. The molecular weight excluding hydrogens is 448 g/mol. The third kappa shape index (κ3) is 4.43. The summed E-state index contributed by atoms with van der Waals surface area (Å²) in [5, 5.41) is 18.7. The van der Waals surface area contributed by atoms with Gasteiger partial charge in [-0.05, 0) is 66.9 Å². The molecule has 0 spiro atoms. The minimum Gasteiger partial charge on any atom is -0.454 e. The van der Waals surface area contributed by atoms with E-state index in [4.69, 9.17) is 9.47 Å². The van der Waals surface area contributed by atoms with Crippen molar-refractivity contribution in [3.63, 3.8) is 0 Å². The second kappa shape index (κ2) is 8.94. The average Bonchev–Trinajstić information content (AvgIpc) is 3.51. The van der Waals surface area contributed by atoms with E-state index in [-0.39, 0.29) is 24.9 Å². The lowest BCUT2D eigenvalue weighted by Crippen LogP contribution is -2.25. The first-order valence-corrected chi connectivity index (χ1v) is 11.0. The Balaban J connectivity index is 1.47. The highest BCUT2D eigenvalue weighted by Gasteiger charge is 2.19. The number of aromatic nitrogens is 2. The predicted molar refractivity (Wildman–Crippen MR) is 129 cm³/mol. The van der Waals surface area contributed by atoms with Gasteiger partial charge in [-0.2, -0.15) is 5.10 Å². The lowest BCUT2D eigenvalue weighted by molar-refractivity contribution is -0.384. The Kier molecular flexibility index (Phi) is 5.66. The molecule has 0 fully saturated rings. The van der Waals surface area contributed by atoms with E-state index in [0.29, 0.717) is 28.6 Å². The standard InChI is InChI=1S/C26H22N4O5/c1-16-3-5-19(11-17(16)2)22-13-23(29(28-22)20-6-8-21(9-7-20)30(32)33)26(31)27-14-18-4-10-24-25(12-18)35-15-34-24/h3-13H,14-15H2,1-2H3,(H,27,31). The number of rotatable bonds is 6. The van der Waals surface area contributed by atoms with Crippen molar-refractivity contribution in [2.24, 2.45) is 0 Å². The molecule has 0 aliphatic carbocycles. The molecule has 1 amide bonds. The van der Waals surface area contributed by atoms with Gasteiger partial charge in [0.15, 0.2) is 11.5 Å². The van der Waals surface area contributed by atoms with Crippen molar-refractivity contribution in [3.05, 3.63) is 99.2 Å². The van der Waals surface area contributed by atoms with Gasteiger partial charge < -0.3 is 14.8 Å². The van der Waals surface area contributed by atoms with E-state index in [1.165, 1.54) is 16.8 Å². The molecule has 0 unspecified atom stereocenters. The van der Waals surface area contributed by atoms with Gasteiger partial charge in [-0.15, -0.1) is 0 Å². The molecule has 9 nitrogen and oxygen atoms in total. The van der Waals surface area contributed by atoms with Crippen LogP contribution in [0.1, 0.15) is 27.2 Å². The number of fused-ring (bicyclic) bond motifs is 1. The zero-order chi connectivity index (χ0) is 24.5. The molecule has 0 saturated carbocycles. The number of nitrogens with one attached hydrogen (secondary N) is 1. The van der Waals surface area contributed by atoms with Gasteiger partial charge in [-0.1, -0.05) is 18.2 Å². The van der Waals surface area contributed by atoms with Crippen molar-refractivity contribution in [2.45, 2.75) is 20.4 Å². The molecular formula is C26H22N4O5. The van der Waals surface area contributed by atoms with Crippen LogP contribution in [0.2, 0.25) is 0 Å². The zero-order valence-electron chi connectivity index (χ0n) is 19.1. The molecule has 1 N–H and O–H groups in total. The maximum absolute atomic E-state index is 13.3. The summed E-state index contributed by atoms with van der Waals surface area (Å²) in [5.74, 6) is 0.989. The van der Waals surface area contributed by atoms with Gasteiger partial charge in [0, 0.05) is 24.2 Å². The van der Waals surface area contributed by atoms with Crippen molar-refractivity contribution in [1.82, 2.24) is 15.1 Å². The molecule has 5 rings (SSSR count). The minimum absolute atomic E-state index is 0.0379. The summed E-state index contributed by atoms with van der Waals surface area (Å²) in [6.07, 6.45) is 0. The number of hydrogen-bond donors (Lipinski definition) is 1. The van der Waals surface area contributed by atoms with Crippen LogP contribution in [0, 0.1) is 24.0 Å². The monoisotopic (exact) mass is 470 g/mol. The first-order chi connectivity index (χ1) is 16.9. The van der Waals surface area contributed by atoms with Gasteiger partial charge in [0.25, 0.3) is 11.6 Å². The third-order valence-electron chi connectivity index (χ3n) is 5.94. The third-order valence-corrected chi connectivity index (χ3v) is 5.94. The predicted octanol–water partition coefficient (Wildman–Crippen LogP) is 4.72. The van der Waals surface area contributed by atoms with Crippen molar-refractivity contribution < 1.29 is 19.2 Å². The van der Waals surface area contributed by atoms with Gasteiger partial charge in [0.1, 0.15) is 5.69 Å². The molecule has 0 atom stereocenters. The van der Waals surface area contributed by atoms with E-state index < -0.39 is 4.92 Å². The van der Waals surface area contributed by atoms with E-state index in [1.54, 1.807) is 18.2 Å². The largest absolute Gasteiger partial charge is 0.454 e. The number of benzene rings is 3. The van der Waals surface area contributed by atoms with Crippen LogP contribution in [0.5, 0.6) is 11.5 Å². The molecule has 4 aromatic rings. The first kappa shape index (κ1) is 22.1. The number of non-ortho nitro benzene ring substituents is 1. The highest BCUT2D eigenvalue weighted by atomic mass is 16.7. The number of nitro benzene ring substituents is 1. The first-order valence-electron chi connectivity index (χ1n) is 11.0. The summed E-state index contributed by atoms with van der Waals surface area (Å²) in [6, 6.07) is 19.1. The number of amides is 1. The lowest BCUT2D eigenvalue weighted by Gasteiger charge is -2.09. The van der Waals surface area contributed by atoms with E-state index in [0.717, 1.165) is 22.3 Å². The summed E-state index contributed by atoms with van der Waals surface area (Å²) >= 11 is 0. The maximum Gasteiger partial charge on any atom is 0.270 e. The number of carbonyl (C=O) groups excluding carboxylic acids is 1. The van der Waals surface area contributed by atoms with E-state index >= 15 is 0 Å². The van der Waals surface area contributed by atoms with E-state index in [9.17, 15) is 14.9 Å². The molecule has 1 aromatic heterocycles. The molecule has 35 heavy (non-hydrogen) atoms. The van der Waals surface area contributed by atoms with Crippen LogP contribution in [-0.2, 0) is 6.54 Å². The van der Waals surface area contributed by atoms with Crippen LogP contribution >= 0.6 is 0 Å². The molecule has 0 bridgehead atoms. The summed E-state index contributed by atoms with van der Waals surface area (Å²) in [4.78, 5) is 23.8. The Morgan fingerprint density at radius 1 is 1.00 bits per heavy atom. The number of nitrogens with zero attached hydrogens (tertiary/aromatic N) is 3. The van der Waals surface area contributed by atoms with E-state index in [2.05, 4.69) is 10.4 Å². The Labute approximate surface area is 201 Å². The van der Waals surface area contributed by atoms with Gasteiger partial charge in [0.05, 0.1) is 16.3 Å². The van der Waals surface area contributed by atoms with Crippen molar-refractivity contribution >= 4 is 11.6 Å². The van der Waals surface area contributed by atoms with Crippen molar-refractivity contribution in [3.8, 4) is 28.4 Å². The molecule has 1 aliphatic heterocycles. The fraction of sp³-hybridized carbons (Fsp3) is 0.154. The number of nitro groups is 1. The topological polar surface area (TPSA) is 109 Å². The molecule has 3 aromatic carbocycles. The normalized spacial score (nSPS) is 11.9. The van der Waals surface area contributed by atoms with E-state index in [1.807, 2.05) is 50.2 Å². The Morgan fingerprint density at radius 2 is 1.77 bits per heavy atom. The smallest absolute Gasteiger partial charge is 0.270 e. The highest BCUT2D eigenvalue weighted by molar-refractivity contribution is 5.94. The summed E-state index contributed by atoms with van der Waals surface area (Å²) in [5.41, 5.74) is 5.44. The molecule has 2 heterocycles. The van der Waals surface area contributed by atoms with Crippen LogP contribution in [-0.4, -0.2) is 27.4 Å². The van der Waals surface area contributed by atoms with Gasteiger partial charge in [-0.25, -0.2) is 4.68 Å². The van der Waals surface area contributed by atoms with Gasteiger partial charge >= 0.3 is 0 Å². The maximum atomic E-state index is 13.3. The number of ether oxygens (including phenoxy) is 2. The summed E-state index contributed by atoms with van der Waals surface area (Å²) < 4.78 is 12.2. The van der Waals surface area contributed by atoms with Crippen LogP contribution in [0.3, 0.4) is 0 Å². The van der Waals surface area contributed by atoms with Gasteiger partial charge in [0.2, 0.25) is 6.79 Å². The quantitative estimate of drug-likeness (QED) is 0.323. The fourth-order valence-electron chi connectivity index (χ4n) is 3.82. The van der Waals surface area contributed by atoms with Crippen LogP contribution in [0.4, 0.5) is 5.69 Å². The second-order valence-electron chi connectivity index (χ2n) is 8.27. The zero-order valence-corrected chi connectivity index (χ0v) is 19.1. The van der Waals surface area contributed by atoms with Crippen molar-refractivity contribution in [1.29, 1.82) is 0 Å². The van der Waals surface area contributed by atoms with Crippen LogP contribution < -0.4 is 14.8 Å². The minimum atomic E-state index is -0.466. The van der Waals surface area contributed by atoms with Crippen molar-refractivity contribution in [2.75, 3.05) is 6.79 Å². The Morgan fingerprint density at radius 3 is 2.51 bits per heavy atom. The highest BCUT2D eigenvalue weighted by Crippen LogP contribution is 2.32. The van der Waals surface area contributed by atoms with Crippen LogP contribution in [0.25, 0.3) is 16.9 Å².